The largest absolute Gasteiger partial charge is 0.351 e. The van der Waals surface area contributed by atoms with E-state index in [-0.39, 0.29) is 0 Å². The molecule has 0 bridgehead atoms. The van der Waals surface area contributed by atoms with Crippen molar-refractivity contribution < 1.29 is 9.59 Å². The number of nitrogens with zero attached hydrogens (tertiary/aromatic N) is 1. The van der Waals surface area contributed by atoms with E-state index in [1.807, 2.05) is 0 Å². The molecule has 16 heavy (non-hydrogen) atoms. The summed E-state index contributed by atoms with van der Waals surface area (Å²) in [6.45, 7) is 0. The molecule has 0 aliphatic heterocycles. The molecule has 0 unspecified atom stereocenters. The minimum atomic E-state index is -0.828. The maximum atomic E-state index is 11.0. The Labute approximate surface area is 97.5 Å². The fourth-order valence-electron chi connectivity index (χ4n) is 0.905. The number of carbonyl (C=O) groups excluding carboxylic acids is 2. The smallest absolute Gasteiger partial charge is 0.329 e. The lowest BCUT2D eigenvalue weighted by Crippen LogP contribution is -2.35. The summed E-state index contributed by atoms with van der Waals surface area (Å²) < 4.78 is 0. The Morgan fingerprint density at radius 3 is 2.62 bits per heavy atom. The zero-order valence-corrected chi connectivity index (χ0v) is 9.28. The van der Waals surface area contributed by atoms with Gasteiger partial charge in [-0.2, -0.15) is 5.10 Å². The van der Waals surface area contributed by atoms with Crippen LogP contribution in [0.1, 0.15) is 5.56 Å². The zero-order valence-electron chi connectivity index (χ0n) is 8.53. The summed E-state index contributed by atoms with van der Waals surface area (Å²) in [7, 11) is 1.36. The molecule has 1 rings (SSSR count). The van der Waals surface area contributed by atoms with E-state index in [1.165, 1.54) is 13.3 Å². The molecule has 0 saturated heterocycles. The molecule has 0 aliphatic rings. The van der Waals surface area contributed by atoms with Crippen LogP contribution in [0.2, 0.25) is 5.02 Å². The number of hydrogen-bond donors (Lipinski definition) is 2. The lowest BCUT2D eigenvalue weighted by atomic mass is 10.2. The summed E-state index contributed by atoms with van der Waals surface area (Å²) in [4.78, 5) is 21.8. The molecule has 1 aromatic carbocycles. The number of hydrogen-bond acceptors (Lipinski definition) is 3. The molecule has 84 valence electrons. The van der Waals surface area contributed by atoms with Gasteiger partial charge in [-0.1, -0.05) is 29.8 Å². The second kappa shape index (κ2) is 5.87. The number of hydrazone groups is 1. The van der Waals surface area contributed by atoms with Gasteiger partial charge in [0, 0.05) is 17.6 Å². The molecule has 0 heterocycles. The van der Waals surface area contributed by atoms with Crippen molar-refractivity contribution in [1.29, 1.82) is 0 Å². The van der Waals surface area contributed by atoms with Crippen molar-refractivity contribution in [3.63, 3.8) is 0 Å². The van der Waals surface area contributed by atoms with Crippen molar-refractivity contribution in [2.24, 2.45) is 5.10 Å². The van der Waals surface area contributed by atoms with Crippen LogP contribution in [0.4, 0.5) is 0 Å². The summed E-state index contributed by atoms with van der Waals surface area (Å²) >= 11 is 5.85. The van der Waals surface area contributed by atoms with Crippen LogP contribution in [0, 0.1) is 0 Å². The molecule has 0 aliphatic carbocycles. The predicted molar refractivity (Wildman–Crippen MR) is 61.3 cm³/mol. The van der Waals surface area contributed by atoms with Crippen molar-refractivity contribution in [2.75, 3.05) is 7.05 Å². The molecule has 5 nitrogen and oxygen atoms in total. The van der Waals surface area contributed by atoms with E-state index in [0.717, 1.165) is 0 Å². The monoisotopic (exact) mass is 239 g/mol. The number of rotatable bonds is 2. The third-order valence-electron chi connectivity index (χ3n) is 1.71. The van der Waals surface area contributed by atoms with Gasteiger partial charge in [-0.25, -0.2) is 5.43 Å². The molecule has 0 atom stereocenters. The Morgan fingerprint density at radius 1 is 1.31 bits per heavy atom. The summed E-state index contributed by atoms with van der Waals surface area (Å²) in [6.07, 6.45) is 1.36. The van der Waals surface area contributed by atoms with Crippen molar-refractivity contribution >= 4 is 29.6 Å². The zero-order chi connectivity index (χ0) is 12.0. The molecule has 2 N–H and O–H groups in total. The summed E-state index contributed by atoms with van der Waals surface area (Å²) in [5, 5.41) is 6.29. The third-order valence-corrected chi connectivity index (χ3v) is 2.05. The highest BCUT2D eigenvalue weighted by atomic mass is 35.5. The first kappa shape index (κ1) is 12.2. The second-order valence-corrected chi connectivity index (χ2v) is 3.21. The number of benzene rings is 1. The van der Waals surface area contributed by atoms with Crippen molar-refractivity contribution in [3.05, 3.63) is 34.9 Å². The normalized spacial score (nSPS) is 10.1. The van der Waals surface area contributed by atoms with Crippen LogP contribution >= 0.6 is 11.6 Å². The molecule has 0 radical (unpaired) electrons. The minimum Gasteiger partial charge on any atom is -0.351 e. The van der Waals surface area contributed by atoms with Crippen LogP contribution in [0.25, 0.3) is 0 Å². The summed E-state index contributed by atoms with van der Waals surface area (Å²) in [5.74, 6) is -1.58. The summed E-state index contributed by atoms with van der Waals surface area (Å²) in [6, 6.07) is 7.00. The molecular weight excluding hydrogens is 230 g/mol. The van der Waals surface area contributed by atoms with Crippen LogP contribution in [0.5, 0.6) is 0 Å². The van der Waals surface area contributed by atoms with Gasteiger partial charge in [-0.15, -0.1) is 0 Å². The maximum Gasteiger partial charge on any atom is 0.329 e. The average molecular weight is 240 g/mol. The highest BCUT2D eigenvalue weighted by Gasteiger charge is 2.08. The fraction of sp³-hybridized carbons (Fsp3) is 0.100. The molecule has 6 heteroatoms. The standard InChI is InChI=1S/C10H10ClN3O2/c1-12-9(15)10(16)14-13-6-7-4-2-3-5-8(7)11/h2-6H,1H3,(H,12,15)(H,14,16)/b13-6+. The Kier molecular flexibility index (Phi) is 4.47. The number of amides is 2. The number of halogens is 1. The summed E-state index contributed by atoms with van der Waals surface area (Å²) in [5.41, 5.74) is 2.72. The van der Waals surface area contributed by atoms with E-state index in [2.05, 4.69) is 15.8 Å². The van der Waals surface area contributed by atoms with Gasteiger partial charge in [0.2, 0.25) is 0 Å². The first-order valence-corrected chi connectivity index (χ1v) is 4.82. The van der Waals surface area contributed by atoms with Gasteiger partial charge in [0.05, 0.1) is 6.21 Å². The first-order valence-electron chi connectivity index (χ1n) is 4.45. The number of carbonyl (C=O) groups is 2. The van der Waals surface area contributed by atoms with E-state index in [4.69, 9.17) is 11.6 Å². The van der Waals surface area contributed by atoms with Gasteiger partial charge in [-0.05, 0) is 6.07 Å². The van der Waals surface area contributed by atoms with Gasteiger partial charge in [0.1, 0.15) is 0 Å². The predicted octanol–water partition coefficient (Wildman–Crippen LogP) is 0.536. The van der Waals surface area contributed by atoms with Crippen molar-refractivity contribution in [1.82, 2.24) is 10.7 Å². The molecule has 0 saturated carbocycles. The van der Waals surface area contributed by atoms with Gasteiger partial charge in [0.25, 0.3) is 0 Å². The average Bonchev–Trinajstić information content (AvgIpc) is 2.30. The van der Waals surface area contributed by atoms with Crippen molar-refractivity contribution in [2.45, 2.75) is 0 Å². The Hall–Kier alpha value is -1.88. The van der Waals surface area contributed by atoms with Crippen LogP contribution in [-0.4, -0.2) is 25.1 Å². The molecular formula is C10H10ClN3O2. The third kappa shape index (κ3) is 3.36. The second-order valence-electron chi connectivity index (χ2n) is 2.80. The van der Waals surface area contributed by atoms with Gasteiger partial charge in [0.15, 0.2) is 0 Å². The topological polar surface area (TPSA) is 70.6 Å². The quantitative estimate of drug-likeness (QED) is 0.449. The maximum absolute atomic E-state index is 11.0. The van der Waals surface area contributed by atoms with Crippen LogP contribution in [0.15, 0.2) is 29.4 Å². The molecule has 0 spiro atoms. The molecule has 1 aromatic rings. The first-order chi connectivity index (χ1) is 7.65. The van der Waals surface area contributed by atoms with E-state index in [0.29, 0.717) is 10.6 Å². The van der Waals surface area contributed by atoms with Crippen LogP contribution in [0.3, 0.4) is 0 Å². The van der Waals surface area contributed by atoms with E-state index >= 15 is 0 Å². The van der Waals surface area contributed by atoms with Crippen molar-refractivity contribution in [3.8, 4) is 0 Å². The Bertz CT molecular complexity index is 432. The number of likely N-dealkylation sites (N-methyl/N-ethyl adjacent to an activating group) is 1. The van der Waals surface area contributed by atoms with Crippen LogP contribution in [-0.2, 0) is 9.59 Å². The molecule has 2 amide bonds. The highest BCUT2D eigenvalue weighted by molar-refractivity contribution is 6.35. The van der Waals surface area contributed by atoms with E-state index in [9.17, 15) is 9.59 Å². The van der Waals surface area contributed by atoms with Gasteiger partial charge in [-0.3, -0.25) is 9.59 Å². The van der Waals surface area contributed by atoms with Crippen LogP contribution < -0.4 is 10.7 Å². The Balaban J connectivity index is 2.59. The SMILES string of the molecule is CNC(=O)C(=O)N/N=C/c1ccccc1Cl. The molecule has 0 aromatic heterocycles. The number of nitrogens with one attached hydrogen (secondary N) is 2. The van der Waals surface area contributed by atoms with E-state index < -0.39 is 11.8 Å². The minimum absolute atomic E-state index is 0.514. The lowest BCUT2D eigenvalue weighted by molar-refractivity contribution is -0.138. The van der Waals surface area contributed by atoms with Gasteiger partial charge < -0.3 is 5.32 Å². The van der Waals surface area contributed by atoms with Gasteiger partial charge >= 0.3 is 11.8 Å². The Morgan fingerprint density at radius 2 is 2.00 bits per heavy atom. The fourth-order valence-corrected chi connectivity index (χ4v) is 1.09. The lowest BCUT2D eigenvalue weighted by Gasteiger charge is -1.98. The highest BCUT2D eigenvalue weighted by Crippen LogP contribution is 2.11. The molecule has 0 fully saturated rings. The van der Waals surface area contributed by atoms with E-state index in [1.54, 1.807) is 24.3 Å².